The maximum Gasteiger partial charge on any atom is 0.101 e. The van der Waals surface area contributed by atoms with Crippen LogP contribution in [0.2, 0.25) is 0 Å². The minimum absolute atomic E-state index is 0.400. The van der Waals surface area contributed by atoms with Gasteiger partial charge in [0.2, 0.25) is 0 Å². The lowest BCUT2D eigenvalue weighted by molar-refractivity contribution is 0.731. The largest absolute Gasteiger partial charge is 0.344 e. The van der Waals surface area contributed by atoms with Crippen LogP contribution in [-0.2, 0) is 0 Å². The number of hydrogen-bond donors (Lipinski definition) is 1. The van der Waals surface area contributed by atoms with Crippen molar-refractivity contribution in [2.24, 2.45) is 4.99 Å². The summed E-state index contributed by atoms with van der Waals surface area (Å²) in [4.78, 5) is 4.47. The van der Waals surface area contributed by atoms with Gasteiger partial charge in [-0.15, -0.1) is 0 Å². The average molecular weight is 238 g/mol. The molecule has 1 heterocycles. The van der Waals surface area contributed by atoms with Crippen LogP contribution in [0.5, 0.6) is 0 Å². The highest BCUT2D eigenvalue weighted by atomic mass is 15.0. The van der Waals surface area contributed by atoms with Crippen molar-refractivity contribution in [2.75, 3.05) is 11.9 Å². The lowest BCUT2D eigenvalue weighted by atomic mass is 10.1. The third-order valence-corrected chi connectivity index (χ3v) is 2.92. The molecule has 0 saturated heterocycles. The molecule has 4 nitrogen and oxygen atoms in total. The molecule has 0 aliphatic carbocycles. The Hall–Kier alpha value is -2.33. The van der Waals surface area contributed by atoms with Crippen molar-refractivity contribution in [3.8, 4) is 12.1 Å². The fourth-order valence-electron chi connectivity index (χ4n) is 1.95. The summed E-state index contributed by atoms with van der Waals surface area (Å²) in [6.07, 6.45) is 4.45. The van der Waals surface area contributed by atoms with Gasteiger partial charge in [0.1, 0.15) is 18.0 Å². The summed E-state index contributed by atoms with van der Waals surface area (Å²) < 4.78 is 0. The number of aliphatic imine (C=N–C) groups is 1. The van der Waals surface area contributed by atoms with Crippen molar-refractivity contribution in [2.45, 2.75) is 25.7 Å². The van der Waals surface area contributed by atoms with Crippen LogP contribution < -0.4 is 5.32 Å². The molecule has 1 aliphatic heterocycles. The van der Waals surface area contributed by atoms with Gasteiger partial charge in [0.15, 0.2) is 0 Å². The van der Waals surface area contributed by atoms with Gasteiger partial charge in [-0.1, -0.05) is 6.42 Å². The molecule has 0 amide bonds. The number of amidine groups is 1. The van der Waals surface area contributed by atoms with Crippen molar-refractivity contribution in [3.05, 3.63) is 29.3 Å². The molecule has 0 spiro atoms. The van der Waals surface area contributed by atoms with E-state index in [0.29, 0.717) is 11.1 Å². The molecule has 18 heavy (non-hydrogen) atoms. The first kappa shape index (κ1) is 12.1. The van der Waals surface area contributed by atoms with E-state index >= 15 is 0 Å². The van der Waals surface area contributed by atoms with Gasteiger partial charge < -0.3 is 5.32 Å². The monoisotopic (exact) mass is 238 g/mol. The molecule has 0 unspecified atom stereocenters. The molecule has 0 fully saturated rings. The van der Waals surface area contributed by atoms with Gasteiger partial charge in [-0.2, -0.15) is 10.5 Å². The normalized spacial score (nSPS) is 14.9. The van der Waals surface area contributed by atoms with E-state index in [4.69, 9.17) is 10.5 Å². The molecule has 0 radical (unpaired) electrons. The number of nitrogens with one attached hydrogen (secondary N) is 1. The molecule has 90 valence electrons. The van der Waals surface area contributed by atoms with Crippen molar-refractivity contribution >= 4 is 11.5 Å². The fourth-order valence-corrected chi connectivity index (χ4v) is 1.95. The standard InChI is InChI=1S/C14H14N4/c15-9-11-5-6-13(8-12(11)10-16)18-14-4-2-1-3-7-17-14/h5-6,8H,1-4,7H2,(H,17,18). The van der Waals surface area contributed by atoms with Gasteiger partial charge in [0.25, 0.3) is 0 Å². The zero-order chi connectivity index (χ0) is 12.8. The highest BCUT2D eigenvalue weighted by Crippen LogP contribution is 2.16. The van der Waals surface area contributed by atoms with E-state index in [1.165, 1.54) is 6.42 Å². The Balaban J connectivity index is 2.17. The Bertz CT molecular complexity index is 546. The highest BCUT2D eigenvalue weighted by molar-refractivity contribution is 5.95. The summed E-state index contributed by atoms with van der Waals surface area (Å²) in [5, 5.41) is 21.1. The van der Waals surface area contributed by atoms with Crippen LogP contribution in [-0.4, -0.2) is 12.4 Å². The van der Waals surface area contributed by atoms with Gasteiger partial charge in [0, 0.05) is 18.7 Å². The van der Waals surface area contributed by atoms with E-state index in [0.717, 1.165) is 37.3 Å². The predicted octanol–water partition coefficient (Wildman–Crippen LogP) is 2.81. The molecule has 0 bridgehead atoms. The van der Waals surface area contributed by atoms with Crippen LogP contribution >= 0.6 is 0 Å². The van der Waals surface area contributed by atoms with Crippen LogP contribution in [0.4, 0.5) is 5.69 Å². The minimum Gasteiger partial charge on any atom is -0.344 e. The van der Waals surface area contributed by atoms with Crippen LogP contribution in [0.3, 0.4) is 0 Å². The SMILES string of the molecule is N#Cc1ccc(NC2=NCCCCC2)cc1C#N. The second-order valence-electron chi connectivity index (χ2n) is 4.25. The average Bonchev–Trinajstić information content (AvgIpc) is 2.67. The van der Waals surface area contributed by atoms with E-state index in [9.17, 15) is 0 Å². The molecule has 1 aromatic rings. The first-order chi connectivity index (χ1) is 8.83. The molecule has 0 saturated carbocycles. The number of nitrogens with zero attached hydrogens (tertiary/aromatic N) is 3. The first-order valence-electron chi connectivity index (χ1n) is 6.08. The summed E-state index contributed by atoms with van der Waals surface area (Å²) in [6, 6.07) is 9.22. The summed E-state index contributed by atoms with van der Waals surface area (Å²) in [6.45, 7) is 0.865. The maximum atomic E-state index is 8.97. The van der Waals surface area contributed by atoms with Crippen LogP contribution in [0, 0.1) is 22.7 Å². The van der Waals surface area contributed by atoms with Crippen LogP contribution in [0.25, 0.3) is 0 Å². The molecular weight excluding hydrogens is 224 g/mol. The third kappa shape index (κ3) is 2.87. The topological polar surface area (TPSA) is 72.0 Å². The summed E-state index contributed by atoms with van der Waals surface area (Å²) in [5.41, 5.74) is 1.63. The summed E-state index contributed by atoms with van der Waals surface area (Å²) in [7, 11) is 0. The van der Waals surface area contributed by atoms with Crippen molar-refractivity contribution < 1.29 is 0 Å². The molecular formula is C14H14N4. The molecule has 4 heteroatoms. The molecule has 0 atom stereocenters. The van der Waals surface area contributed by atoms with Crippen molar-refractivity contribution in [3.63, 3.8) is 0 Å². The van der Waals surface area contributed by atoms with Crippen molar-refractivity contribution in [1.29, 1.82) is 10.5 Å². The van der Waals surface area contributed by atoms with Crippen LogP contribution in [0.1, 0.15) is 36.8 Å². The van der Waals surface area contributed by atoms with Gasteiger partial charge in [-0.05, 0) is 31.0 Å². The van der Waals surface area contributed by atoms with E-state index in [2.05, 4.69) is 10.3 Å². The molecule has 0 aromatic heterocycles. The zero-order valence-electron chi connectivity index (χ0n) is 10.1. The highest BCUT2D eigenvalue weighted by Gasteiger charge is 2.07. The third-order valence-electron chi connectivity index (χ3n) is 2.92. The van der Waals surface area contributed by atoms with E-state index in [1.54, 1.807) is 12.1 Å². The van der Waals surface area contributed by atoms with E-state index < -0.39 is 0 Å². The summed E-state index contributed by atoms with van der Waals surface area (Å²) in [5.74, 6) is 0.973. The quantitative estimate of drug-likeness (QED) is 0.817. The second-order valence-corrected chi connectivity index (χ2v) is 4.25. The Morgan fingerprint density at radius 1 is 1.06 bits per heavy atom. The molecule has 1 aromatic carbocycles. The van der Waals surface area contributed by atoms with E-state index in [-0.39, 0.29) is 0 Å². The number of anilines is 1. The van der Waals surface area contributed by atoms with Crippen molar-refractivity contribution in [1.82, 2.24) is 0 Å². The molecule has 1 N–H and O–H groups in total. The predicted molar refractivity (Wildman–Crippen MR) is 70.3 cm³/mol. The lowest BCUT2D eigenvalue weighted by Crippen LogP contribution is -2.11. The lowest BCUT2D eigenvalue weighted by Gasteiger charge is -2.08. The van der Waals surface area contributed by atoms with E-state index in [1.807, 2.05) is 18.2 Å². The van der Waals surface area contributed by atoms with Gasteiger partial charge in [-0.25, -0.2) is 0 Å². The molecule has 2 rings (SSSR count). The van der Waals surface area contributed by atoms with Gasteiger partial charge in [0.05, 0.1) is 11.1 Å². The Morgan fingerprint density at radius 2 is 1.89 bits per heavy atom. The molecule has 1 aliphatic rings. The second kappa shape index (κ2) is 5.84. The number of nitriles is 2. The van der Waals surface area contributed by atoms with Gasteiger partial charge in [-0.3, -0.25) is 4.99 Å². The maximum absolute atomic E-state index is 8.97. The van der Waals surface area contributed by atoms with Gasteiger partial charge >= 0.3 is 0 Å². The number of rotatable bonds is 1. The Morgan fingerprint density at radius 3 is 2.67 bits per heavy atom. The minimum atomic E-state index is 0.400. The number of hydrogen-bond acceptors (Lipinski definition) is 4. The number of benzene rings is 1. The Labute approximate surface area is 107 Å². The fraction of sp³-hybridized carbons (Fsp3) is 0.357. The Kier molecular flexibility index (Phi) is 3.94. The zero-order valence-corrected chi connectivity index (χ0v) is 10.1. The van der Waals surface area contributed by atoms with Crippen LogP contribution in [0.15, 0.2) is 23.2 Å². The smallest absolute Gasteiger partial charge is 0.101 e. The summed E-state index contributed by atoms with van der Waals surface area (Å²) >= 11 is 0. The first-order valence-corrected chi connectivity index (χ1v) is 6.08.